The summed E-state index contributed by atoms with van der Waals surface area (Å²) in [6.45, 7) is 3.59. The van der Waals surface area contributed by atoms with Crippen LogP contribution < -0.4 is 0 Å². The van der Waals surface area contributed by atoms with E-state index in [9.17, 15) is 18.0 Å². The predicted octanol–water partition coefficient (Wildman–Crippen LogP) is 2.32. The molecule has 7 heteroatoms. The van der Waals surface area contributed by atoms with Crippen molar-refractivity contribution in [2.75, 3.05) is 6.61 Å². The summed E-state index contributed by atoms with van der Waals surface area (Å²) in [5.41, 5.74) is 1.75. The number of carbonyl (C=O) groups is 2. The van der Waals surface area contributed by atoms with Gasteiger partial charge in [0.05, 0.1) is 17.4 Å². The number of nitrogens with zero attached hydrogens (tertiary/aromatic N) is 1. The van der Waals surface area contributed by atoms with Gasteiger partial charge in [-0.3, -0.25) is 4.79 Å². The van der Waals surface area contributed by atoms with Crippen LogP contribution in [0.3, 0.4) is 0 Å². The summed E-state index contributed by atoms with van der Waals surface area (Å²) in [6.07, 6.45) is 0.281. The molecule has 1 fully saturated rings. The third kappa shape index (κ3) is 3.60. The van der Waals surface area contributed by atoms with Crippen LogP contribution in [-0.4, -0.2) is 37.2 Å². The largest absolute Gasteiger partial charge is 0.464 e. The highest BCUT2D eigenvalue weighted by Gasteiger charge is 2.57. The molecular weight excluding hydrogens is 366 g/mol. The number of ether oxygens (including phenoxy) is 1. The average Bonchev–Trinajstić information content (AvgIpc) is 2.65. The van der Waals surface area contributed by atoms with Gasteiger partial charge in [0, 0.05) is 0 Å². The molecule has 2 aromatic rings. The Kier molecular flexibility index (Phi) is 5.32. The lowest BCUT2D eigenvalue weighted by atomic mass is 9.85. The van der Waals surface area contributed by atoms with Gasteiger partial charge in [-0.15, -0.1) is 0 Å². The van der Waals surface area contributed by atoms with Gasteiger partial charge >= 0.3 is 5.97 Å². The Morgan fingerprint density at radius 3 is 2.30 bits per heavy atom. The lowest BCUT2D eigenvalue weighted by Crippen LogP contribution is -2.66. The summed E-state index contributed by atoms with van der Waals surface area (Å²) in [7, 11) is -4.12. The second-order valence-electron chi connectivity index (χ2n) is 6.45. The van der Waals surface area contributed by atoms with Crippen molar-refractivity contribution in [2.45, 2.75) is 31.2 Å². The van der Waals surface area contributed by atoms with Crippen molar-refractivity contribution in [1.82, 2.24) is 4.31 Å². The highest BCUT2D eigenvalue weighted by Crippen LogP contribution is 2.36. The van der Waals surface area contributed by atoms with Crippen molar-refractivity contribution in [3.8, 4) is 0 Å². The number of hydrogen-bond donors (Lipinski definition) is 0. The summed E-state index contributed by atoms with van der Waals surface area (Å²) in [4.78, 5) is 25.1. The Morgan fingerprint density at radius 1 is 1.07 bits per heavy atom. The van der Waals surface area contributed by atoms with Crippen molar-refractivity contribution in [3.63, 3.8) is 0 Å². The Bertz CT molecular complexity index is 938. The first-order valence-electron chi connectivity index (χ1n) is 8.71. The van der Waals surface area contributed by atoms with E-state index in [1.165, 1.54) is 12.1 Å². The summed E-state index contributed by atoms with van der Waals surface area (Å²) in [5, 5.41) is 0. The fourth-order valence-corrected chi connectivity index (χ4v) is 4.77. The SMILES string of the molecule is CCOC(=O)[C@H]1[C@@H](Cc2ccccc2)C(=O)N1S(=O)(=O)c1ccc(C)cc1. The van der Waals surface area contributed by atoms with E-state index in [-0.39, 0.29) is 17.9 Å². The number of rotatable bonds is 6. The third-order valence-electron chi connectivity index (χ3n) is 4.57. The molecule has 1 amide bonds. The third-order valence-corrected chi connectivity index (χ3v) is 6.37. The Balaban J connectivity index is 1.93. The molecule has 1 heterocycles. The van der Waals surface area contributed by atoms with E-state index in [0.29, 0.717) is 4.31 Å². The number of aryl methyl sites for hydroxylation is 1. The van der Waals surface area contributed by atoms with Crippen molar-refractivity contribution >= 4 is 21.9 Å². The smallest absolute Gasteiger partial charge is 0.330 e. The maximum Gasteiger partial charge on any atom is 0.330 e. The van der Waals surface area contributed by atoms with Gasteiger partial charge in [-0.1, -0.05) is 48.0 Å². The zero-order valence-electron chi connectivity index (χ0n) is 15.2. The second kappa shape index (κ2) is 7.52. The van der Waals surface area contributed by atoms with E-state index in [2.05, 4.69) is 0 Å². The van der Waals surface area contributed by atoms with E-state index in [0.717, 1.165) is 11.1 Å². The van der Waals surface area contributed by atoms with Gasteiger partial charge in [0.1, 0.15) is 0 Å². The van der Waals surface area contributed by atoms with E-state index in [1.54, 1.807) is 19.1 Å². The first-order chi connectivity index (χ1) is 12.9. The van der Waals surface area contributed by atoms with Crippen LogP contribution in [0.1, 0.15) is 18.1 Å². The molecule has 1 aliphatic rings. The average molecular weight is 387 g/mol. The highest BCUT2D eigenvalue weighted by molar-refractivity contribution is 7.89. The quantitative estimate of drug-likeness (QED) is 0.561. The topological polar surface area (TPSA) is 80.8 Å². The number of sulfonamides is 1. The molecule has 6 nitrogen and oxygen atoms in total. The van der Waals surface area contributed by atoms with Crippen LogP contribution in [0, 0.1) is 12.8 Å². The number of carbonyl (C=O) groups excluding carboxylic acids is 2. The standard InChI is InChI=1S/C20H21NO5S/c1-3-26-20(23)18-17(13-15-7-5-4-6-8-15)19(22)21(18)27(24,25)16-11-9-14(2)10-12-16/h4-12,17-18H,3,13H2,1-2H3/t17-,18-/m1/s1. The second-order valence-corrected chi connectivity index (χ2v) is 8.26. The van der Waals surface area contributed by atoms with Crippen LogP contribution in [0.4, 0.5) is 0 Å². The van der Waals surface area contributed by atoms with Crippen molar-refractivity contribution in [3.05, 3.63) is 65.7 Å². The van der Waals surface area contributed by atoms with E-state index < -0.39 is 33.9 Å². The maximum absolute atomic E-state index is 13.0. The molecule has 1 aliphatic heterocycles. The molecule has 142 valence electrons. The fraction of sp³-hybridized carbons (Fsp3) is 0.300. The number of amides is 1. The molecule has 0 unspecified atom stereocenters. The molecule has 0 radical (unpaired) electrons. The first-order valence-corrected chi connectivity index (χ1v) is 10.2. The van der Waals surface area contributed by atoms with Gasteiger partial charge in [0.2, 0.25) is 5.91 Å². The minimum atomic E-state index is -4.12. The molecule has 1 saturated heterocycles. The van der Waals surface area contributed by atoms with Gasteiger partial charge in [-0.25, -0.2) is 17.5 Å². The Hall–Kier alpha value is -2.67. The van der Waals surface area contributed by atoms with Gasteiger partial charge in [0.25, 0.3) is 10.0 Å². The van der Waals surface area contributed by atoms with Crippen LogP contribution in [-0.2, 0) is 30.8 Å². The minimum Gasteiger partial charge on any atom is -0.464 e. The highest BCUT2D eigenvalue weighted by atomic mass is 32.2. The summed E-state index contributed by atoms with van der Waals surface area (Å²) >= 11 is 0. The zero-order valence-corrected chi connectivity index (χ0v) is 16.0. The van der Waals surface area contributed by atoms with Crippen molar-refractivity contribution in [1.29, 1.82) is 0 Å². The van der Waals surface area contributed by atoms with Gasteiger partial charge in [0.15, 0.2) is 6.04 Å². The number of esters is 1. The van der Waals surface area contributed by atoms with Crippen molar-refractivity contribution < 1.29 is 22.7 Å². The molecule has 0 aliphatic carbocycles. The van der Waals surface area contributed by atoms with Gasteiger partial charge < -0.3 is 4.74 Å². The van der Waals surface area contributed by atoms with Gasteiger partial charge in [-0.2, -0.15) is 0 Å². The van der Waals surface area contributed by atoms with Crippen LogP contribution in [0.15, 0.2) is 59.5 Å². The molecular formula is C20H21NO5S. The zero-order chi connectivity index (χ0) is 19.6. The lowest BCUT2D eigenvalue weighted by Gasteiger charge is -2.44. The Labute approximate surface area is 158 Å². The van der Waals surface area contributed by atoms with E-state index in [4.69, 9.17) is 4.74 Å². The molecule has 0 aromatic heterocycles. The molecule has 0 spiro atoms. The number of hydrogen-bond acceptors (Lipinski definition) is 5. The van der Waals surface area contributed by atoms with Crippen LogP contribution in [0.2, 0.25) is 0 Å². The van der Waals surface area contributed by atoms with Crippen LogP contribution in [0.5, 0.6) is 0 Å². The number of benzene rings is 2. The molecule has 0 bridgehead atoms. The maximum atomic E-state index is 13.0. The van der Waals surface area contributed by atoms with Crippen LogP contribution in [0.25, 0.3) is 0 Å². The number of β-lactam (4-membered cyclic amide) rings is 1. The monoisotopic (exact) mass is 387 g/mol. The lowest BCUT2D eigenvalue weighted by molar-refractivity contribution is -0.166. The van der Waals surface area contributed by atoms with E-state index >= 15 is 0 Å². The molecule has 2 aromatic carbocycles. The van der Waals surface area contributed by atoms with E-state index in [1.807, 2.05) is 37.3 Å². The minimum absolute atomic E-state index is 0.0195. The molecule has 3 rings (SSSR count). The summed E-state index contributed by atoms with van der Waals surface area (Å²) in [6, 6.07) is 14.2. The van der Waals surface area contributed by atoms with Crippen molar-refractivity contribution in [2.24, 2.45) is 5.92 Å². The molecule has 27 heavy (non-hydrogen) atoms. The molecule has 0 saturated carbocycles. The molecule has 0 N–H and O–H groups in total. The summed E-state index contributed by atoms with van der Waals surface area (Å²) < 4.78 is 31.6. The van der Waals surface area contributed by atoms with Gasteiger partial charge in [-0.05, 0) is 38.0 Å². The van der Waals surface area contributed by atoms with Crippen LogP contribution >= 0.6 is 0 Å². The normalized spacial score (nSPS) is 19.5. The summed E-state index contributed by atoms with van der Waals surface area (Å²) in [5.74, 6) is -2.04. The first kappa shape index (κ1) is 19.1. The Morgan fingerprint density at radius 2 is 1.70 bits per heavy atom. The molecule has 2 atom stereocenters. The fourth-order valence-electron chi connectivity index (χ4n) is 3.16. The predicted molar refractivity (Wildman–Crippen MR) is 99.3 cm³/mol.